The van der Waals surface area contributed by atoms with E-state index < -0.39 is 6.09 Å². The zero-order chi connectivity index (χ0) is 14.5. The van der Waals surface area contributed by atoms with Crippen LogP contribution in [0.3, 0.4) is 0 Å². The van der Waals surface area contributed by atoms with Crippen molar-refractivity contribution in [2.24, 2.45) is 0 Å². The summed E-state index contributed by atoms with van der Waals surface area (Å²) in [5.41, 5.74) is 0.645. The quantitative estimate of drug-likeness (QED) is 0.800. The van der Waals surface area contributed by atoms with Crippen LogP contribution in [0.2, 0.25) is 0 Å². The first-order chi connectivity index (χ1) is 9.63. The summed E-state index contributed by atoms with van der Waals surface area (Å²) in [7, 11) is 1.34. The first-order valence-electron chi connectivity index (χ1n) is 6.57. The molecule has 1 aromatic rings. The summed E-state index contributed by atoms with van der Waals surface area (Å²) < 4.78 is 6.14. The van der Waals surface area contributed by atoms with Gasteiger partial charge in [0.15, 0.2) is 0 Å². The van der Waals surface area contributed by atoms with Gasteiger partial charge in [-0.05, 0) is 44.7 Å². The number of carbonyl (C=O) groups excluding carboxylic acids is 1. The lowest BCUT2D eigenvalue weighted by Crippen LogP contribution is -2.25. The van der Waals surface area contributed by atoms with E-state index in [1.54, 1.807) is 6.20 Å². The summed E-state index contributed by atoms with van der Waals surface area (Å²) in [6, 6.07) is 0. The predicted molar refractivity (Wildman–Crippen MR) is 86.3 cm³/mol. The van der Waals surface area contributed by atoms with Gasteiger partial charge in [-0.3, -0.25) is 5.32 Å². The topological polar surface area (TPSA) is 54.5 Å². The Bertz CT molecular complexity index is 489. The monoisotopic (exact) mass is 405 g/mol. The third kappa shape index (κ3) is 3.63. The van der Waals surface area contributed by atoms with Crippen LogP contribution in [0.1, 0.15) is 25.7 Å². The van der Waals surface area contributed by atoms with Crippen molar-refractivity contribution in [2.75, 3.05) is 30.4 Å². The highest BCUT2D eigenvalue weighted by Crippen LogP contribution is 2.37. The van der Waals surface area contributed by atoms with Crippen molar-refractivity contribution in [3.63, 3.8) is 0 Å². The number of nitrogens with zero attached hydrogens (tertiary/aromatic N) is 2. The van der Waals surface area contributed by atoms with Crippen molar-refractivity contribution < 1.29 is 9.53 Å². The largest absolute Gasteiger partial charge is 0.453 e. The molecule has 1 aliphatic rings. The van der Waals surface area contributed by atoms with Gasteiger partial charge in [0, 0.05) is 19.3 Å². The number of hydrogen-bond acceptors (Lipinski definition) is 4. The van der Waals surface area contributed by atoms with Crippen LogP contribution in [0, 0.1) is 0 Å². The third-order valence-electron chi connectivity index (χ3n) is 3.27. The molecule has 20 heavy (non-hydrogen) atoms. The number of amides is 1. The van der Waals surface area contributed by atoms with Gasteiger partial charge in [0.25, 0.3) is 0 Å². The third-order valence-corrected chi connectivity index (χ3v) is 4.63. The smallest absolute Gasteiger partial charge is 0.411 e. The fraction of sp³-hybridized carbons (Fsp3) is 0.538. The van der Waals surface area contributed by atoms with E-state index in [9.17, 15) is 4.79 Å². The van der Waals surface area contributed by atoms with Gasteiger partial charge in [-0.2, -0.15) is 0 Å². The molecule has 1 N–H and O–H groups in total. The molecule has 2 rings (SSSR count). The number of anilines is 2. The summed E-state index contributed by atoms with van der Waals surface area (Å²) in [5.74, 6) is 0.863. The number of methoxy groups -OCH3 is 1. The summed E-state index contributed by atoms with van der Waals surface area (Å²) in [5, 5.41) is 2.70. The summed E-state index contributed by atoms with van der Waals surface area (Å²) in [6.07, 6.45) is 6.07. The Balaban J connectivity index is 2.29. The Kier molecular flexibility index (Phi) is 5.65. The second kappa shape index (κ2) is 7.26. The number of rotatable bonds is 2. The van der Waals surface area contributed by atoms with E-state index in [0.717, 1.165) is 23.4 Å². The highest BCUT2D eigenvalue weighted by atomic mass is 79.9. The molecule has 110 valence electrons. The van der Waals surface area contributed by atoms with Gasteiger partial charge in [0.1, 0.15) is 5.82 Å². The molecule has 5 nitrogen and oxygen atoms in total. The maximum absolute atomic E-state index is 11.4. The lowest BCUT2D eigenvalue weighted by molar-refractivity contribution is 0.187. The lowest BCUT2D eigenvalue weighted by atomic mass is 10.2. The summed E-state index contributed by atoms with van der Waals surface area (Å²) in [6.45, 7) is 1.98. The van der Waals surface area contributed by atoms with Crippen LogP contribution in [0.25, 0.3) is 0 Å². The predicted octanol–water partition coefficient (Wildman–Crippen LogP) is 4.17. The molecule has 1 aromatic heterocycles. The Morgan fingerprint density at radius 1 is 1.30 bits per heavy atom. The minimum Gasteiger partial charge on any atom is -0.453 e. The van der Waals surface area contributed by atoms with E-state index in [4.69, 9.17) is 0 Å². The van der Waals surface area contributed by atoms with Gasteiger partial charge >= 0.3 is 6.09 Å². The number of aromatic nitrogens is 1. The highest BCUT2D eigenvalue weighted by Gasteiger charge is 2.19. The molecule has 1 saturated heterocycles. The van der Waals surface area contributed by atoms with Crippen LogP contribution in [0.15, 0.2) is 15.1 Å². The minimum atomic E-state index is -0.501. The van der Waals surface area contributed by atoms with E-state index in [0.29, 0.717) is 10.2 Å². The number of nitrogens with one attached hydrogen (secondary N) is 1. The number of hydrogen-bond donors (Lipinski definition) is 1. The molecule has 0 bridgehead atoms. The number of halogens is 2. The van der Waals surface area contributed by atoms with Crippen LogP contribution >= 0.6 is 31.9 Å². The normalized spacial score (nSPS) is 15.7. The molecule has 0 saturated carbocycles. The fourth-order valence-corrected chi connectivity index (χ4v) is 3.56. The standard InChI is InChI=1S/C13H17Br2N3O2/c1-20-13(19)17-11-9(14)8-16-12(10(11)15)18-6-4-2-3-5-7-18/h8H,2-7H2,1H3,(H,16,17,19). The minimum absolute atomic E-state index is 0.501. The van der Waals surface area contributed by atoms with Gasteiger partial charge in [-0.25, -0.2) is 9.78 Å². The molecule has 2 heterocycles. The second-order valence-corrected chi connectivity index (χ2v) is 6.28. The molecule has 0 radical (unpaired) electrons. The molecule has 1 amide bonds. The molecular weight excluding hydrogens is 390 g/mol. The van der Waals surface area contributed by atoms with Crippen LogP contribution in [0.4, 0.5) is 16.3 Å². The van der Waals surface area contributed by atoms with Gasteiger partial charge in [0.2, 0.25) is 0 Å². The summed E-state index contributed by atoms with van der Waals surface area (Å²) >= 11 is 6.94. The Morgan fingerprint density at radius 3 is 2.55 bits per heavy atom. The van der Waals surface area contributed by atoms with Crippen molar-refractivity contribution in [3.05, 3.63) is 15.1 Å². The molecule has 7 heteroatoms. The van der Waals surface area contributed by atoms with Crippen molar-refractivity contribution in [2.45, 2.75) is 25.7 Å². The first kappa shape index (κ1) is 15.6. The Hall–Kier alpha value is -0.820. The molecule has 1 fully saturated rings. The average Bonchev–Trinajstić information content (AvgIpc) is 2.72. The average molecular weight is 407 g/mol. The van der Waals surface area contributed by atoms with Crippen LogP contribution in [-0.4, -0.2) is 31.3 Å². The number of ether oxygens (including phenoxy) is 1. The molecular formula is C13H17Br2N3O2. The second-order valence-electron chi connectivity index (χ2n) is 4.64. The maximum atomic E-state index is 11.4. The van der Waals surface area contributed by atoms with Gasteiger partial charge in [-0.1, -0.05) is 12.8 Å². The molecule has 0 aliphatic carbocycles. The van der Waals surface area contributed by atoms with Crippen LogP contribution in [-0.2, 0) is 4.74 Å². The molecule has 0 atom stereocenters. The molecule has 0 unspecified atom stereocenters. The van der Waals surface area contributed by atoms with E-state index in [1.165, 1.54) is 32.8 Å². The number of pyridine rings is 1. The van der Waals surface area contributed by atoms with E-state index in [1.807, 2.05) is 0 Å². The highest BCUT2D eigenvalue weighted by molar-refractivity contribution is 9.11. The number of carbonyl (C=O) groups is 1. The van der Waals surface area contributed by atoms with E-state index in [2.05, 4.69) is 51.8 Å². The van der Waals surface area contributed by atoms with Crippen LogP contribution < -0.4 is 10.2 Å². The van der Waals surface area contributed by atoms with Crippen LogP contribution in [0.5, 0.6) is 0 Å². The lowest BCUT2D eigenvalue weighted by Gasteiger charge is -2.24. The first-order valence-corrected chi connectivity index (χ1v) is 8.16. The molecule has 0 spiro atoms. The van der Waals surface area contributed by atoms with Gasteiger partial charge in [-0.15, -0.1) is 0 Å². The summed E-state index contributed by atoms with van der Waals surface area (Å²) in [4.78, 5) is 18.2. The Morgan fingerprint density at radius 2 is 1.95 bits per heavy atom. The van der Waals surface area contributed by atoms with Gasteiger partial charge < -0.3 is 9.64 Å². The van der Waals surface area contributed by atoms with Crippen molar-refractivity contribution in [1.82, 2.24) is 4.98 Å². The van der Waals surface area contributed by atoms with E-state index >= 15 is 0 Å². The SMILES string of the molecule is COC(=O)Nc1c(Br)cnc(N2CCCCCC2)c1Br. The zero-order valence-corrected chi connectivity index (χ0v) is 14.5. The molecule has 1 aliphatic heterocycles. The van der Waals surface area contributed by atoms with Gasteiger partial charge in [0.05, 0.1) is 21.7 Å². The molecule has 0 aromatic carbocycles. The fourth-order valence-electron chi connectivity index (χ4n) is 2.23. The van der Waals surface area contributed by atoms with Crippen molar-refractivity contribution in [3.8, 4) is 0 Å². The van der Waals surface area contributed by atoms with Crippen molar-refractivity contribution in [1.29, 1.82) is 0 Å². The Labute approximate surface area is 135 Å². The van der Waals surface area contributed by atoms with Crippen molar-refractivity contribution >= 4 is 49.5 Å². The maximum Gasteiger partial charge on any atom is 0.411 e. The van der Waals surface area contributed by atoms with E-state index in [-0.39, 0.29) is 0 Å². The zero-order valence-electron chi connectivity index (χ0n) is 11.3.